The van der Waals surface area contributed by atoms with E-state index in [4.69, 9.17) is 32.4 Å². The SMILES string of the molecule is COc1ccc(C(Cl)c2coc(C)c2)cc1Cl. The molecule has 0 N–H and O–H groups in total. The van der Waals surface area contributed by atoms with Gasteiger partial charge in [0, 0.05) is 5.56 Å². The number of alkyl halides is 1. The molecule has 0 fully saturated rings. The predicted molar refractivity (Wildman–Crippen MR) is 69.1 cm³/mol. The molecule has 1 unspecified atom stereocenters. The summed E-state index contributed by atoms with van der Waals surface area (Å²) in [6, 6.07) is 7.42. The number of benzene rings is 1. The third kappa shape index (κ3) is 2.59. The van der Waals surface area contributed by atoms with E-state index in [2.05, 4.69) is 0 Å². The molecule has 0 spiro atoms. The van der Waals surface area contributed by atoms with Crippen molar-refractivity contribution in [2.75, 3.05) is 7.11 Å². The van der Waals surface area contributed by atoms with Crippen molar-refractivity contribution in [1.82, 2.24) is 0 Å². The Bertz CT molecular complexity index is 520. The lowest BCUT2D eigenvalue weighted by atomic mass is 10.1. The molecule has 1 aromatic carbocycles. The van der Waals surface area contributed by atoms with Gasteiger partial charge < -0.3 is 9.15 Å². The molecule has 0 aliphatic heterocycles. The molecule has 2 aromatic rings. The number of methoxy groups -OCH3 is 1. The van der Waals surface area contributed by atoms with Crippen LogP contribution in [0.4, 0.5) is 0 Å². The van der Waals surface area contributed by atoms with Crippen molar-refractivity contribution in [2.45, 2.75) is 12.3 Å². The third-order valence-corrected chi connectivity index (χ3v) is 3.31. The Kier molecular flexibility index (Phi) is 3.65. The molecule has 0 amide bonds. The van der Waals surface area contributed by atoms with Crippen LogP contribution in [0.1, 0.15) is 22.3 Å². The summed E-state index contributed by atoms with van der Waals surface area (Å²) in [5, 5.41) is 0.284. The van der Waals surface area contributed by atoms with E-state index in [9.17, 15) is 0 Å². The fraction of sp³-hybridized carbons (Fsp3) is 0.231. The highest BCUT2D eigenvalue weighted by Crippen LogP contribution is 2.34. The van der Waals surface area contributed by atoms with Crippen molar-refractivity contribution in [3.63, 3.8) is 0 Å². The fourth-order valence-corrected chi connectivity index (χ4v) is 2.15. The minimum absolute atomic E-state index is 0.268. The largest absolute Gasteiger partial charge is 0.495 e. The summed E-state index contributed by atoms with van der Waals surface area (Å²) < 4.78 is 10.3. The molecule has 17 heavy (non-hydrogen) atoms. The van der Waals surface area contributed by atoms with Gasteiger partial charge in [-0.25, -0.2) is 0 Å². The maximum Gasteiger partial charge on any atom is 0.137 e. The van der Waals surface area contributed by atoms with E-state index in [0.29, 0.717) is 10.8 Å². The van der Waals surface area contributed by atoms with Crippen LogP contribution in [0.25, 0.3) is 0 Å². The highest BCUT2D eigenvalue weighted by Gasteiger charge is 2.14. The maximum atomic E-state index is 6.35. The van der Waals surface area contributed by atoms with Gasteiger partial charge in [-0.05, 0) is 30.7 Å². The lowest BCUT2D eigenvalue weighted by Gasteiger charge is -2.10. The van der Waals surface area contributed by atoms with Crippen molar-refractivity contribution in [1.29, 1.82) is 0 Å². The van der Waals surface area contributed by atoms with Crippen molar-refractivity contribution in [3.05, 3.63) is 52.4 Å². The Morgan fingerprint density at radius 3 is 2.53 bits per heavy atom. The molecule has 0 aliphatic carbocycles. The molecule has 4 heteroatoms. The van der Waals surface area contributed by atoms with Gasteiger partial charge in [0.2, 0.25) is 0 Å². The van der Waals surface area contributed by atoms with E-state index in [1.54, 1.807) is 25.5 Å². The second-order valence-corrected chi connectivity index (χ2v) is 4.59. The van der Waals surface area contributed by atoms with Gasteiger partial charge in [0.25, 0.3) is 0 Å². The molecule has 1 aromatic heterocycles. The summed E-state index contributed by atoms with van der Waals surface area (Å²) in [6.45, 7) is 1.88. The smallest absolute Gasteiger partial charge is 0.137 e. The van der Waals surface area contributed by atoms with E-state index >= 15 is 0 Å². The molecule has 0 bridgehead atoms. The highest BCUT2D eigenvalue weighted by atomic mass is 35.5. The fourth-order valence-electron chi connectivity index (χ4n) is 1.63. The average molecular weight is 271 g/mol. The van der Waals surface area contributed by atoms with E-state index in [1.165, 1.54) is 0 Å². The summed E-state index contributed by atoms with van der Waals surface area (Å²) in [4.78, 5) is 0. The standard InChI is InChI=1S/C13H12Cl2O2/c1-8-5-10(7-17-8)13(15)9-3-4-12(16-2)11(14)6-9/h3-7,13H,1-2H3. The quantitative estimate of drug-likeness (QED) is 0.762. The first kappa shape index (κ1) is 12.3. The molecule has 1 heterocycles. The second kappa shape index (κ2) is 5.03. The van der Waals surface area contributed by atoms with E-state index < -0.39 is 0 Å². The van der Waals surface area contributed by atoms with Gasteiger partial charge in [0.15, 0.2) is 0 Å². The minimum Gasteiger partial charge on any atom is -0.495 e. The highest BCUT2D eigenvalue weighted by molar-refractivity contribution is 6.32. The first-order chi connectivity index (χ1) is 8.11. The zero-order valence-electron chi connectivity index (χ0n) is 9.54. The number of hydrogen-bond donors (Lipinski definition) is 0. The van der Waals surface area contributed by atoms with Crippen LogP contribution >= 0.6 is 23.2 Å². The van der Waals surface area contributed by atoms with Crippen LogP contribution < -0.4 is 4.74 Å². The van der Waals surface area contributed by atoms with Gasteiger partial charge in [-0.15, -0.1) is 11.6 Å². The summed E-state index contributed by atoms with van der Waals surface area (Å²) in [6.07, 6.45) is 1.66. The number of ether oxygens (including phenoxy) is 1. The minimum atomic E-state index is -0.268. The van der Waals surface area contributed by atoms with Crippen LogP contribution in [0.15, 0.2) is 34.9 Å². The van der Waals surface area contributed by atoms with Crippen LogP contribution in [-0.2, 0) is 0 Å². The summed E-state index contributed by atoms with van der Waals surface area (Å²) in [5.74, 6) is 1.48. The number of halogens is 2. The molecule has 2 nitrogen and oxygen atoms in total. The van der Waals surface area contributed by atoms with Gasteiger partial charge in [0.05, 0.1) is 23.8 Å². The van der Waals surface area contributed by atoms with Crippen LogP contribution in [0, 0.1) is 6.92 Å². The Morgan fingerprint density at radius 2 is 2.00 bits per heavy atom. The van der Waals surface area contributed by atoms with E-state index in [-0.39, 0.29) is 5.38 Å². The first-order valence-corrected chi connectivity index (χ1v) is 5.96. The second-order valence-electron chi connectivity index (χ2n) is 3.75. The topological polar surface area (TPSA) is 22.4 Å². The molecule has 0 aliphatic rings. The third-order valence-electron chi connectivity index (χ3n) is 2.51. The lowest BCUT2D eigenvalue weighted by Crippen LogP contribution is -1.92. The zero-order chi connectivity index (χ0) is 12.4. The molecule has 2 rings (SSSR count). The molecule has 1 atom stereocenters. The molecular formula is C13H12Cl2O2. The van der Waals surface area contributed by atoms with Crippen LogP contribution in [0.3, 0.4) is 0 Å². The van der Waals surface area contributed by atoms with Crippen molar-refractivity contribution < 1.29 is 9.15 Å². The van der Waals surface area contributed by atoms with E-state index in [0.717, 1.165) is 16.9 Å². The van der Waals surface area contributed by atoms with Crippen LogP contribution in [0.2, 0.25) is 5.02 Å². The van der Waals surface area contributed by atoms with Gasteiger partial charge in [-0.2, -0.15) is 0 Å². The summed E-state index contributed by atoms with van der Waals surface area (Å²) in [5.41, 5.74) is 1.84. The Morgan fingerprint density at radius 1 is 1.24 bits per heavy atom. The summed E-state index contributed by atoms with van der Waals surface area (Å²) >= 11 is 12.4. The van der Waals surface area contributed by atoms with Crippen LogP contribution in [-0.4, -0.2) is 7.11 Å². The zero-order valence-corrected chi connectivity index (χ0v) is 11.0. The van der Waals surface area contributed by atoms with E-state index in [1.807, 2.05) is 19.1 Å². The Balaban J connectivity index is 2.31. The molecular weight excluding hydrogens is 259 g/mol. The predicted octanol–water partition coefficient (Wildman–Crippen LogP) is 4.58. The Hall–Kier alpha value is -1.12. The lowest BCUT2D eigenvalue weighted by molar-refractivity contribution is 0.415. The van der Waals surface area contributed by atoms with Gasteiger partial charge in [-0.3, -0.25) is 0 Å². The maximum absolute atomic E-state index is 6.35. The van der Waals surface area contributed by atoms with Crippen LogP contribution in [0.5, 0.6) is 5.75 Å². The number of rotatable bonds is 3. The van der Waals surface area contributed by atoms with Gasteiger partial charge in [0.1, 0.15) is 11.5 Å². The molecule has 0 saturated carbocycles. The monoisotopic (exact) mass is 270 g/mol. The van der Waals surface area contributed by atoms with Gasteiger partial charge >= 0.3 is 0 Å². The molecule has 90 valence electrons. The van der Waals surface area contributed by atoms with Crippen molar-refractivity contribution >= 4 is 23.2 Å². The van der Waals surface area contributed by atoms with Crippen molar-refractivity contribution in [3.8, 4) is 5.75 Å². The van der Waals surface area contributed by atoms with Crippen molar-refractivity contribution in [2.24, 2.45) is 0 Å². The van der Waals surface area contributed by atoms with Gasteiger partial charge in [-0.1, -0.05) is 17.7 Å². The molecule has 0 saturated heterocycles. The first-order valence-electron chi connectivity index (χ1n) is 5.14. The number of furan rings is 1. The normalized spacial score (nSPS) is 12.5. The summed E-state index contributed by atoms with van der Waals surface area (Å²) in [7, 11) is 1.58. The number of hydrogen-bond acceptors (Lipinski definition) is 2. The Labute approximate surface area is 110 Å². The average Bonchev–Trinajstić information content (AvgIpc) is 2.75. The number of aryl methyl sites for hydroxylation is 1. The molecule has 0 radical (unpaired) electrons.